The van der Waals surface area contributed by atoms with E-state index in [0.29, 0.717) is 28.3 Å². The van der Waals surface area contributed by atoms with Crippen molar-refractivity contribution < 1.29 is 14.3 Å². The van der Waals surface area contributed by atoms with Gasteiger partial charge >= 0.3 is 0 Å². The Morgan fingerprint density at radius 3 is 2.54 bits per heavy atom. The first-order valence-electron chi connectivity index (χ1n) is 13.1. The number of ether oxygens (including phenoxy) is 1. The van der Waals surface area contributed by atoms with Crippen molar-refractivity contribution in [2.75, 3.05) is 0 Å². The van der Waals surface area contributed by atoms with Crippen LogP contribution in [0.25, 0.3) is 6.08 Å². The van der Waals surface area contributed by atoms with Crippen LogP contribution >= 0.6 is 11.6 Å². The van der Waals surface area contributed by atoms with Crippen molar-refractivity contribution in [1.29, 1.82) is 5.26 Å². The van der Waals surface area contributed by atoms with Crippen molar-refractivity contribution in [2.45, 2.75) is 70.8 Å². The van der Waals surface area contributed by atoms with E-state index >= 15 is 0 Å². The number of benzene rings is 1. The number of allylic oxidation sites excluding steroid dienone is 1. The van der Waals surface area contributed by atoms with Crippen LogP contribution in [0.1, 0.15) is 85.6 Å². The molecule has 1 heterocycles. The minimum atomic E-state index is -0.180. The van der Waals surface area contributed by atoms with Crippen molar-refractivity contribution in [3.05, 3.63) is 63.4 Å². The van der Waals surface area contributed by atoms with Gasteiger partial charge in [0.15, 0.2) is 0 Å². The van der Waals surface area contributed by atoms with Gasteiger partial charge in [0.1, 0.15) is 18.1 Å². The Labute approximate surface area is 223 Å². The first-order chi connectivity index (χ1) is 18.0. The van der Waals surface area contributed by atoms with Gasteiger partial charge in [0, 0.05) is 17.9 Å². The third-order valence-corrected chi connectivity index (χ3v) is 7.53. The second-order valence-corrected chi connectivity index (χ2v) is 10.2. The van der Waals surface area contributed by atoms with E-state index in [1.165, 1.54) is 5.57 Å². The summed E-state index contributed by atoms with van der Waals surface area (Å²) < 4.78 is 6.05. The van der Waals surface area contributed by atoms with Gasteiger partial charge in [0.05, 0.1) is 33.6 Å². The summed E-state index contributed by atoms with van der Waals surface area (Å²) in [5.41, 5.74) is 3.96. The van der Waals surface area contributed by atoms with E-state index in [1.54, 1.807) is 18.2 Å². The molecular formula is C31H31ClN2O3. The average Bonchev–Trinajstić information content (AvgIpc) is 2.93. The van der Waals surface area contributed by atoms with E-state index in [2.05, 4.69) is 17.9 Å². The number of nitriles is 1. The molecule has 2 saturated carbocycles. The Bertz CT molecular complexity index is 1280. The Morgan fingerprint density at radius 2 is 1.89 bits per heavy atom. The van der Waals surface area contributed by atoms with Gasteiger partial charge in [0.25, 0.3) is 0 Å². The highest BCUT2D eigenvalue weighted by atomic mass is 35.5. The van der Waals surface area contributed by atoms with Crippen LogP contribution in [-0.2, 0) is 11.2 Å². The van der Waals surface area contributed by atoms with Gasteiger partial charge < -0.3 is 9.53 Å². The summed E-state index contributed by atoms with van der Waals surface area (Å²) >= 11 is 6.11. The highest BCUT2D eigenvalue weighted by Gasteiger charge is 2.22. The van der Waals surface area contributed by atoms with Crippen molar-refractivity contribution >= 4 is 29.7 Å². The van der Waals surface area contributed by atoms with Gasteiger partial charge in [-0.2, -0.15) is 5.26 Å². The van der Waals surface area contributed by atoms with Gasteiger partial charge in [-0.15, -0.1) is 0 Å². The topological polar surface area (TPSA) is 80.1 Å². The first-order valence-corrected chi connectivity index (χ1v) is 13.4. The third-order valence-electron chi connectivity index (χ3n) is 7.22. The summed E-state index contributed by atoms with van der Waals surface area (Å²) in [5, 5.41) is 9.41. The van der Waals surface area contributed by atoms with Crippen molar-refractivity contribution in [2.24, 2.45) is 11.8 Å². The fourth-order valence-electron chi connectivity index (χ4n) is 4.99. The number of aryl methyl sites for hydroxylation is 1. The van der Waals surface area contributed by atoms with E-state index in [0.717, 1.165) is 69.0 Å². The molecule has 4 rings (SSSR count). The molecule has 0 saturated heterocycles. The van der Waals surface area contributed by atoms with Gasteiger partial charge in [0.2, 0.25) is 5.78 Å². The molecular weight excluding hydrogens is 484 g/mol. The number of aromatic nitrogens is 1. The van der Waals surface area contributed by atoms with Crippen molar-refractivity contribution in [3.63, 3.8) is 0 Å². The molecule has 6 heteroatoms. The highest BCUT2D eigenvalue weighted by molar-refractivity contribution is 6.31. The molecule has 37 heavy (non-hydrogen) atoms. The quantitative estimate of drug-likeness (QED) is 0.184. The summed E-state index contributed by atoms with van der Waals surface area (Å²) in [4.78, 5) is 28.6. The van der Waals surface area contributed by atoms with E-state index in [9.17, 15) is 9.59 Å². The van der Waals surface area contributed by atoms with E-state index in [1.807, 2.05) is 25.1 Å². The summed E-state index contributed by atoms with van der Waals surface area (Å²) in [6.45, 7) is 2.00. The molecule has 2 aliphatic rings. The minimum absolute atomic E-state index is 0.0730. The molecule has 0 aliphatic heterocycles. The predicted octanol–water partition coefficient (Wildman–Crippen LogP) is 6.77. The number of rotatable bonds is 6. The molecule has 1 aromatic carbocycles. The van der Waals surface area contributed by atoms with Crippen molar-refractivity contribution in [1.82, 2.24) is 4.98 Å². The molecule has 1 aromatic heterocycles. The lowest BCUT2D eigenvalue weighted by atomic mass is 9.86. The Kier molecular flexibility index (Phi) is 9.15. The molecule has 0 unspecified atom stereocenters. The molecule has 2 aliphatic carbocycles. The molecule has 0 amide bonds. The van der Waals surface area contributed by atoms with Crippen LogP contribution in [0.15, 0.2) is 35.9 Å². The molecule has 2 fully saturated rings. The van der Waals surface area contributed by atoms with Crippen LogP contribution in [0.5, 0.6) is 5.75 Å². The largest absolute Gasteiger partial charge is 0.490 e. The summed E-state index contributed by atoms with van der Waals surface area (Å²) in [6, 6.07) is 10.9. The Balaban J connectivity index is 1.33. The monoisotopic (exact) mass is 514 g/mol. The van der Waals surface area contributed by atoms with Crippen LogP contribution in [0.2, 0.25) is 5.02 Å². The van der Waals surface area contributed by atoms with Crippen LogP contribution in [0.3, 0.4) is 0 Å². The number of aldehydes is 1. The Hall–Kier alpha value is -3.41. The normalized spacial score (nSPS) is 21.2. The zero-order chi connectivity index (χ0) is 26.2. The van der Waals surface area contributed by atoms with E-state index < -0.39 is 0 Å². The molecule has 190 valence electrons. The molecule has 5 nitrogen and oxygen atoms in total. The second kappa shape index (κ2) is 12.7. The van der Waals surface area contributed by atoms with Gasteiger partial charge in [-0.1, -0.05) is 30.0 Å². The van der Waals surface area contributed by atoms with Crippen molar-refractivity contribution in [3.8, 4) is 23.7 Å². The zero-order valence-corrected chi connectivity index (χ0v) is 21.9. The number of halogens is 1. The average molecular weight is 515 g/mol. The molecule has 0 radical (unpaired) electrons. The van der Waals surface area contributed by atoms with Crippen LogP contribution in [-0.4, -0.2) is 23.2 Å². The zero-order valence-electron chi connectivity index (χ0n) is 21.1. The van der Waals surface area contributed by atoms with Gasteiger partial charge in [-0.3, -0.25) is 9.78 Å². The van der Waals surface area contributed by atoms with E-state index in [-0.39, 0.29) is 23.7 Å². The number of pyridine rings is 1. The molecule has 0 N–H and O–H groups in total. The summed E-state index contributed by atoms with van der Waals surface area (Å²) in [5.74, 6) is 6.89. The third kappa shape index (κ3) is 7.09. The lowest BCUT2D eigenvalue weighted by Gasteiger charge is -2.26. The Morgan fingerprint density at radius 1 is 1.14 bits per heavy atom. The molecule has 0 spiro atoms. The first kappa shape index (κ1) is 26.6. The maximum atomic E-state index is 12.9. The number of carbonyl (C=O) groups excluding carboxylic acids is 2. The number of Topliss-reactive ketones (excluding diaryl/α,β-unsaturated/α-hetero) is 1. The molecule has 0 atom stereocenters. The number of hydrogen-bond acceptors (Lipinski definition) is 5. The summed E-state index contributed by atoms with van der Waals surface area (Å²) in [6.07, 6.45) is 11.0. The smallest absolute Gasteiger partial charge is 0.237 e. The second-order valence-electron chi connectivity index (χ2n) is 9.80. The number of hydrogen-bond donors (Lipinski definition) is 0. The number of ketones is 1. The van der Waals surface area contributed by atoms with Crippen LogP contribution in [0.4, 0.5) is 0 Å². The standard InChI is InChI=1S/C31H31ClN2O3/c1-2-30-28(15-11-25(34-30)17-22-3-5-23(20-35)6-4-22)31(36)16-9-21-7-12-26(13-8-21)37-27-14-10-24(19-33)29(32)18-27/h10-11,14-15,17-18,20-21,23,26H,2-8,12-13H2,1H3/t21-,23?,26-. The van der Waals surface area contributed by atoms with Crippen LogP contribution in [0, 0.1) is 35.0 Å². The predicted molar refractivity (Wildman–Crippen MR) is 144 cm³/mol. The van der Waals surface area contributed by atoms with Gasteiger partial charge in [-0.25, -0.2) is 0 Å². The fourth-order valence-corrected chi connectivity index (χ4v) is 5.20. The molecule has 0 bridgehead atoms. The number of nitrogens with zero attached hydrogens (tertiary/aromatic N) is 2. The lowest BCUT2D eigenvalue weighted by Crippen LogP contribution is -2.23. The minimum Gasteiger partial charge on any atom is -0.490 e. The maximum Gasteiger partial charge on any atom is 0.237 e. The number of carbonyl (C=O) groups is 2. The van der Waals surface area contributed by atoms with E-state index in [4.69, 9.17) is 26.6 Å². The van der Waals surface area contributed by atoms with Crippen LogP contribution < -0.4 is 4.74 Å². The molecule has 2 aromatic rings. The lowest BCUT2D eigenvalue weighted by molar-refractivity contribution is -0.111. The summed E-state index contributed by atoms with van der Waals surface area (Å²) in [7, 11) is 0. The highest BCUT2D eigenvalue weighted by Crippen LogP contribution is 2.30. The van der Waals surface area contributed by atoms with Gasteiger partial charge in [-0.05, 0) is 94.0 Å². The maximum absolute atomic E-state index is 12.9. The fraction of sp³-hybridized carbons (Fsp3) is 0.419. The SMILES string of the molecule is CCc1nc(C=C2CCC(C=O)CC2)ccc1C(=O)C#C[C@H]1CC[C@H](Oc2ccc(C#N)c(Cl)c2)CC1.